The monoisotopic (exact) mass is 409 g/mol. The van der Waals surface area contributed by atoms with Crippen molar-refractivity contribution in [3.8, 4) is 17.1 Å². The Balaban J connectivity index is 1.56. The highest BCUT2D eigenvalue weighted by Gasteiger charge is 2.19. The fourth-order valence-electron chi connectivity index (χ4n) is 2.83. The predicted octanol–water partition coefficient (Wildman–Crippen LogP) is 4.86. The fraction of sp³-hybridized carbons (Fsp3) is 0.100. The van der Waals surface area contributed by atoms with Crippen LogP contribution in [-0.2, 0) is 6.42 Å². The lowest BCUT2D eigenvalue weighted by molar-refractivity contribution is 0.102. The molecule has 0 aliphatic rings. The van der Waals surface area contributed by atoms with E-state index in [1.54, 1.807) is 17.1 Å². The van der Waals surface area contributed by atoms with Gasteiger partial charge < -0.3 is 0 Å². The molecule has 0 spiro atoms. The van der Waals surface area contributed by atoms with Gasteiger partial charge >= 0.3 is 0 Å². The van der Waals surface area contributed by atoms with Gasteiger partial charge in [0.05, 0.1) is 23.1 Å². The molecule has 0 aliphatic heterocycles. The van der Waals surface area contributed by atoms with Crippen molar-refractivity contribution in [2.24, 2.45) is 0 Å². The molecule has 28 heavy (non-hydrogen) atoms. The molecular formula is C20H16ClN5OS. The molecule has 1 amide bonds. The van der Waals surface area contributed by atoms with Crippen molar-refractivity contribution in [2.75, 3.05) is 5.32 Å². The number of halogens is 1. The number of nitrogens with one attached hydrogen (secondary N) is 1. The van der Waals surface area contributed by atoms with Crippen LogP contribution in [0.5, 0.6) is 0 Å². The van der Waals surface area contributed by atoms with E-state index in [-0.39, 0.29) is 5.91 Å². The minimum atomic E-state index is -0.240. The first kappa shape index (κ1) is 18.3. The van der Waals surface area contributed by atoms with E-state index >= 15 is 0 Å². The van der Waals surface area contributed by atoms with Crippen molar-refractivity contribution in [1.82, 2.24) is 19.7 Å². The number of amides is 1. The lowest BCUT2D eigenvalue weighted by Crippen LogP contribution is -2.14. The second-order valence-electron chi connectivity index (χ2n) is 5.96. The summed E-state index contributed by atoms with van der Waals surface area (Å²) in [4.78, 5) is 21.6. The van der Waals surface area contributed by atoms with Gasteiger partial charge in [-0.2, -0.15) is 5.10 Å². The smallest absolute Gasteiger partial charge is 0.260 e. The Hall–Kier alpha value is -3.03. The van der Waals surface area contributed by atoms with Gasteiger partial charge in [-0.05, 0) is 30.7 Å². The number of pyridine rings is 1. The maximum Gasteiger partial charge on any atom is 0.260 e. The van der Waals surface area contributed by atoms with Gasteiger partial charge in [0.1, 0.15) is 0 Å². The van der Waals surface area contributed by atoms with Crippen molar-refractivity contribution in [2.45, 2.75) is 13.3 Å². The van der Waals surface area contributed by atoms with Crippen molar-refractivity contribution in [1.29, 1.82) is 0 Å². The molecule has 4 rings (SSSR count). The van der Waals surface area contributed by atoms with Gasteiger partial charge in [-0.1, -0.05) is 36.7 Å². The zero-order valence-electron chi connectivity index (χ0n) is 15.0. The van der Waals surface area contributed by atoms with Crippen molar-refractivity contribution < 1.29 is 4.79 Å². The summed E-state index contributed by atoms with van der Waals surface area (Å²) in [5.41, 5.74) is 3.04. The molecule has 3 heterocycles. The van der Waals surface area contributed by atoms with Crippen LogP contribution in [0.3, 0.4) is 0 Å². The van der Waals surface area contributed by atoms with Gasteiger partial charge in [0.2, 0.25) is 0 Å². The SMILES string of the molecule is CCc1c(C(=O)Nc2nc(-c3ccc(Cl)cc3)cs2)cnn1-c1ccccn1. The molecule has 0 saturated heterocycles. The summed E-state index contributed by atoms with van der Waals surface area (Å²) < 4.78 is 1.69. The van der Waals surface area contributed by atoms with Gasteiger partial charge in [0.15, 0.2) is 10.9 Å². The Kier molecular flexibility index (Phi) is 5.18. The van der Waals surface area contributed by atoms with E-state index < -0.39 is 0 Å². The topological polar surface area (TPSA) is 72.7 Å². The van der Waals surface area contributed by atoms with E-state index in [2.05, 4.69) is 20.4 Å². The van der Waals surface area contributed by atoms with Crippen LogP contribution in [0, 0.1) is 0 Å². The maximum absolute atomic E-state index is 12.8. The molecule has 0 radical (unpaired) electrons. The summed E-state index contributed by atoms with van der Waals surface area (Å²) >= 11 is 7.30. The second-order valence-corrected chi connectivity index (χ2v) is 7.25. The van der Waals surface area contributed by atoms with E-state index in [4.69, 9.17) is 11.6 Å². The zero-order valence-corrected chi connectivity index (χ0v) is 16.5. The minimum absolute atomic E-state index is 0.240. The van der Waals surface area contributed by atoms with E-state index in [1.807, 2.05) is 54.8 Å². The van der Waals surface area contributed by atoms with Crippen LogP contribution in [0.4, 0.5) is 5.13 Å². The number of benzene rings is 1. The molecule has 0 saturated carbocycles. The number of thiazole rings is 1. The first-order chi connectivity index (χ1) is 13.7. The summed E-state index contributed by atoms with van der Waals surface area (Å²) in [7, 11) is 0. The number of carbonyl (C=O) groups is 1. The standard InChI is InChI=1S/C20H16ClN5OS/c1-2-17-15(11-23-26(17)18-5-3-4-10-22-18)19(27)25-20-24-16(12-28-20)13-6-8-14(21)9-7-13/h3-12H,2H2,1H3,(H,24,25,27). The molecule has 8 heteroatoms. The Morgan fingerprint density at radius 2 is 2.04 bits per heavy atom. The minimum Gasteiger partial charge on any atom is -0.298 e. The van der Waals surface area contributed by atoms with Crippen LogP contribution in [0.15, 0.2) is 60.2 Å². The van der Waals surface area contributed by atoms with Crippen LogP contribution >= 0.6 is 22.9 Å². The van der Waals surface area contributed by atoms with Crippen LogP contribution < -0.4 is 5.32 Å². The summed E-state index contributed by atoms with van der Waals surface area (Å²) in [6, 6.07) is 13.0. The number of hydrogen-bond donors (Lipinski definition) is 1. The molecule has 0 bridgehead atoms. The van der Waals surface area contributed by atoms with Crippen molar-refractivity contribution >= 4 is 34.0 Å². The number of carbonyl (C=O) groups excluding carboxylic acids is 1. The Bertz CT molecular complexity index is 1110. The van der Waals surface area contributed by atoms with E-state index in [9.17, 15) is 4.79 Å². The van der Waals surface area contributed by atoms with Gasteiger partial charge in [-0.25, -0.2) is 14.6 Å². The first-order valence-electron chi connectivity index (χ1n) is 8.67. The van der Waals surface area contributed by atoms with Crippen molar-refractivity contribution in [3.63, 3.8) is 0 Å². The van der Waals surface area contributed by atoms with Crippen LogP contribution in [0.25, 0.3) is 17.1 Å². The molecule has 0 unspecified atom stereocenters. The molecule has 4 aromatic rings. The molecule has 0 fully saturated rings. The number of hydrogen-bond acceptors (Lipinski definition) is 5. The summed E-state index contributed by atoms with van der Waals surface area (Å²) in [6.07, 6.45) is 3.91. The Labute approximate surface area is 170 Å². The van der Waals surface area contributed by atoms with E-state index in [0.29, 0.717) is 28.0 Å². The largest absolute Gasteiger partial charge is 0.298 e. The van der Waals surface area contributed by atoms with Gasteiger partial charge in [-0.15, -0.1) is 11.3 Å². The lowest BCUT2D eigenvalue weighted by Gasteiger charge is -2.06. The van der Waals surface area contributed by atoms with E-state index in [1.165, 1.54) is 11.3 Å². The summed E-state index contributed by atoms with van der Waals surface area (Å²) in [6.45, 7) is 1.98. The first-order valence-corrected chi connectivity index (χ1v) is 9.92. The molecule has 1 aromatic carbocycles. The van der Waals surface area contributed by atoms with Crippen molar-refractivity contribution in [3.05, 3.63) is 76.5 Å². The molecule has 0 atom stereocenters. The number of nitrogens with zero attached hydrogens (tertiary/aromatic N) is 4. The quantitative estimate of drug-likeness (QED) is 0.511. The molecular weight excluding hydrogens is 394 g/mol. The molecule has 0 aliphatic carbocycles. The summed E-state index contributed by atoms with van der Waals surface area (Å²) in [5.74, 6) is 0.439. The number of rotatable bonds is 5. The fourth-order valence-corrected chi connectivity index (χ4v) is 3.67. The van der Waals surface area contributed by atoms with E-state index in [0.717, 1.165) is 17.0 Å². The highest BCUT2D eigenvalue weighted by molar-refractivity contribution is 7.14. The second kappa shape index (κ2) is 7.92. The zero-order chi connectivity index (χ0) is 19.5. The predicted molar refractivity (Wildman–Crippen MR) is 111 cm³/mol. The summed E-state index contributed by atoms with van der Waals surface area (Å²) in [5, 5.41) is 10.3. The maximum atomic E-state index is 12.8. The molecule has 6 nitrogen and oxygen atoms in total. The van der Waals surface area contributed by atoms with Gasteiger partial charge in [0, 0.05) is 22.2 Å². The third-order valence-electron chi connectivity index (χ3n) is 4.18. The third-order valence-corrected chi connectivity index (χ3v) is 5.19. The molecule has 1 N–H and O–H groups in total. The average Bonchev–Trinajstić information content (AvgIpc) is 3.36. The highest BCUT2D eigenvalue weighted by atomic mass is 35.5. The van der Waals surface area contributed by atoms with Gasteiger partial charge in [0.25, 0.3) is 5.91 Å². The number of aromatic nitrogens is 4. The average molecular weight is 410 g/mol. The Morgan fingerprint density at radius 3 is 2.75 bits per heavy atom. The normalized spacial score (nSPS) is 10.8. The lowest BCUT2D eigenvalue weighted by atomic mass is 10.2. The molecule has 140 valence electrons. The molecule has 3 aromatic heterocycles. The number of anilines is 1. The van der Waals surface area contributed by atoms with Crippen LogP contribution in [0.1, 0.15) is 23.0 Å². The van der Waals surface area contributed by atoms with Crippen LogP contribution in [0.2, 0.25) is 5.02 Å². The van der Waals surface area contributed by atoms with Crippen LogP contribution in [-0.4, -0.2) is 25.7 Å². The van der Waals surface area contributed by atoms with Gasteiger partial charge in [-0.3, -0.25) is 10.1 Å². The Morgan fingerprint density at radius 1 is 1.21 bits per heavy atom. The third kappa shape index (κ3) is 3.67. The highest BCUT2D eigenvalue weighted by Crippen LogP contribution is 2.26.